The summed E-state index contributed by atoms with van der Waals surface area (Å²) in [5.41, 5.74) is 2.80. The van der Waals surface area contributed by atoms with Gasteiger partial charge in [-0.3, -0.25) is 0 Å². The summed E-state index contributed by atoms with van der Waals surface area (Å²) in [6.45, 7) is 5.56. The van der Waals surface area contributed by atoms with E-state index >= 15 is 0 Å². The van der Waals surface area contributed by atoms with Gasteiger partial charge in [-0.15, -0.1) is 45.3 Å². The molecule has 0 radical (unpaired) electrons. The Hall–Kier alpha value is -1.66. The van der Waals surface area contributed by atoms with Gasteiger partial charge in [0.05, 0.1) is 10.6 Å². The molecule has 1 N–H and O–H groups in total. The van der Waals surface area contributed by atoms with Crippen LogP contribution in [0.2, 0.25) is 0 Å². The Balaban J connectivity index is 1.47. The summed E-state index contributed by atoms with van der Waals surface area (Å²) >= 11 is 7.60. The molecule has 0 saturated heterocycles. The van der Waals surface area contributed by atoms with Crippen molar-refractivity contribution in [1.29, 1.82) is 0 Å². The molecular weight excluding hydrogens is 455 g/mol. The molecule has 4 heterocycles. The lowest BCUT2D eigenvalue weighted by molar-refractivity contribution is 0.798. The van der Waals surface area contributed by atoms with Crippen LogP contribution in [0.5, 0.6) is 0 Å². The molecule has 5 heteroatoms. The van der Waals surface area contributed by atoms with Crippen LogP contribution in [0.25, 0.3) is 39.7 Å². The molecule has 0 aliphatic heterocycles. The summed E-state index contributed by atoms with van der Waals surface area (Å²) in [7, 11) is 0. The number of hydrogen-bond donors (Lipinski definition) is 1. The van der Waals surface area contributed by atoms with Gasteiger partial charge in [0.2, 0.25) is 0 Å². The maximum Gasteiger partial charge on any atom is 0.0674 e. The number of fused-ring (bicyclic) bond motifs is 2. The van der Waals surface area contributed by atoms with Crippen LogP contribution < -0.4 is 5.32 Å². The standard InChI is InChI=1S/C26H27NS4/c1-3-5-7-17-8-11-28-25(17)23-15-18-13-22-19(14-21(18)30-23)16-24(31-22)26-20(9-12-29-26)27-10-6-4-2/h8-9,11-16,27H,3-7,10H2,1-2H3. The Labute approximate surface area is 200 Å². The molecule has 31 heavy (non-hydrogen) atoms. The Kier molecular flexibility index (Phi) is 6.46. The van der Waals surface area contributed by atoms with Crippen LogP contribution in [0.1, 0.15) is 45.1 Å². The molecule has 0 spiro atoms. The zero-order valence-corrected chi connectivity index (χ0v) is 21.3. The summed E-state index contributed by atoms with van der Waals surface area (Å²) in [6, 6.07) is 14.1. The van der Waals surface area contributed by atoms with Crippen molar-refractivity contribution in [2.45, 2.75) is 46.0 Å². The molecule has 4 aromatic heterocycles. The van der Waals surface area contributed by atoms with Gasteiger partial charge >= 0.3 is 0 Å². The molecule has 1 aromatic carbocycles. The zero-order valence-electron chi connectivity index (χ0n) is 18.0. The van der Waals surface area contributed by atoms with Crippen LogP contribution in [-0.4, -0.2) is 6.54 Å². The van der Waals surface area contributed by atoms with E-state index in [-0.39, 0.29) is 0 Å². The summed E-state index contributed by atoms with van der Waals surface area (Å²) in [5.74, 6) is 0. The van der Waals surface area contributed by atoms with Crippen molar-refractivity contribution >= 4 is 71.2 Å². The predicted molar refractivity (Wildman–Crippen MR) is 146 cm³/mol. The first-order valence-corrected chi connectivity index (χ1v) is 14.5. The third-order valence-electron chi connectivity index (χ3n) is 5.66. The van der Waals surface area contributed by atoms with Gasteiger partial charge in [-0.05, 0) is 82.8 Å². The smallest absolute Gasteiger partial charge is 0.0674 e. The fourth-order valence-electron chi connectivity index (χ4n) is 3.95. The van der Waals surface area contributed by atoms with E-state index in [1.165, 1.54) is 83.0 Å². The zero-order chi connectivity index (χ0) is 21.2. The van der Waals surface area contributed by atoms with E-state index in [9.17, 15) is 0 Å². The molecule has 0 atom stereocenters. The molecule has 0 unspecified atom stereocenters. The number of hydrogen-bond acceptors (Lipinski definition) is 5. The van der Waals surface area contributed by atoms with Gasteiger partial charge in [-0.25, -0.2) is 0 Å². The second-order valence-electron chi connectivity index (χ2n) is 7.97. The summed E-state index contributed by atoms with van der Waals surface area (Å²) in [5, 5.41) is 10.8. The molecular formula is C26H27NS4. The highest BCUT2D eigenvalue weighted by Crippen LogP contribution is 2.44. The third-order valence-corrected chi connectivity index (χ3v) is 10.1. The minimum absolute atomic E-state index is 1.05. The lowest BCUT2D eigenvalue weighted by atomic mass is 10.1. The maximum absolute atomic E-state index is 3.63. The first kappa shape index (κ1) is 21.2. The first-order valence-electron chi connectivity index (χ1n) is 11.1. The van der Waals surface area contributed by atoms with Crippen LogP contribution in [0.3, 0.4) is 0 Å². The van der Waals surface area contributed by atoms with Crippen LogP contribution in [0, 0.1) is 0 Å². The molecule has 160 valence electrons. The van der Waals surface area contributed by atoms with E-state index in [1.807, 2.05) is 45.3 Å². The quantitative estimate of drug-likeness (QED) is 0.206. The average molecular weight is 482 g/mol. The molecule has 0 bridgehead atoms. The van der Waals surface area contributed by atoms with Gasteiger partial charge in [0, 0.05) is 30.6 Å². The number of unbranched alkanes of at least 4 members (excludes halogenated alkanes) is 2. The second-order valence-corrected chi connectivity index (χ2v) is 12.0. The Morgan fingerprint density at radius 3 is 2.10 bits per heavy atom. The van der Waals surface area contributed by atoms with Gasteiger partial charge in [0.15, 0.2) is 0 Å². The highest BCUT2D eigenvalue weighted by Gasteiger charge is 2.14. The van der Waals surface area contributed by atoms with E-state index < -0.39 is 0 Å². The molecule has 0 saturated carbocycles. The third kappa shape index (κ3) is 4.34. The number of thiophene rings is 4. The Morgan fingerprint density at radius 2 is 1.39 bits per heavy atom. The highest BCUT2D eigenvalue weighted by atomic mass is 32.1. The summed E-state index contributed by atoms with van der Waals surface area (Å²) in [6.07, 6.45) is 6.15. The number of anilines is 1. The minimum atomic E-state index is 1.05. The van der Waals surface area contributed by atoms with Crippen LogP contribution in [0.4, 0.5) is 5.69 Å². The van der Waals surface area contributed by atoms with Gasteiger partial charge in [-0.1, -0.05) is 26.7 Å². The largest absolute Gasteiger partial charge is 0.384 e. The highest BCUT2D eigenvalue weighted by molar-refractivity contribution is 7.27. The summed E-state index contributed by atoms with van der Waals surface area (Å²) < 4.78 is 2.78. The average Bonchev–Trinajstić information content (AvgIpc) is 3.55. The van der Waals surface area contributed by atoms with E-state index in [2.05, 4.69) is 66.3 Å². The van der Waals surface area contributed by atoms with Crippen molar-refractivity contribution in [1.82, 2.24) is 0 Å². The molecule has 0 aliphatic carbocycles. The maximum atomic E-state index is 3.63. The molecule has 1 nitrogen and oxygen atoms in total. The van der Waals surface area contributed by atoms with Crippen molar-refractivity contribution in [3.8, 4) is 19.5 Å². The van der Waals surface area contributed by atoms with E-state index in [0.717, 1.165) is 6.54 Å². The van der Waals surface area contributed by atoms with Crippen molar-refractivity contribution < 1.29 is 0 Å². The molecule has 0 amide bonds. The topological polar surface area (TPSA) is 12.0 Å². The molecule has 0 fully saturated rings. The van der Waals surface area contributed by atoms with Crippen molar-refractivity contribution in [2.24, 2.45) is 0 Å². The molecule has 5 rings (SSSR count). The van der Waals surface area contributed by atoms with Crippen LogP contribution >= 0.6 is 45.3 Å². The van der Waals surface area contributed by atoms with E-state index in [4.69, 9.17) is 0 Å². The number of benzene rings is 1. The van der Waals surface area contributed by atoms with Crippen LogP contribution in [0.15, 0.2) is 47.2 Å². The molecule has 5 aromatic rings. The number of rotatable bonds is 9. The van der Waals surface area contributed by atoms with Gasteiger partial charge in [0.25, 0.3) is 0 Å². The van der Waals surface area contributed by atoms with Gasteiger partial charge in [0.1, 0.15) is 0 Å². The van der Waals surface area contributed by atoms with Gasteiger partial charge < -0.3 is 5.32 Å². The van der Waals surface area contributed by atoms with Crippen molar-refractivity contribution in [2.75, 3.05) is 11.9 Å². The lowest BCUT2D eigenvalue weighted by Gasteiger charge is -2.05. The summed E-state index contributed by atoms with van der Waals surface area (Å²) in [4.78, 5) is 5.65. The first-order chi connectivity index (χ1) is 15.3. The minimum Gasteiger partial charge on any atom is -0.384 e. The number of nitrogens with one attached hydrogen (secondary N) is 1. The SMILES string of the molecule is CCCCNc1ccsc1-c1cc2cc3sc(-c4sccc4CCCC)cc3cc2s1. The number of aryl methyl sites for hydroxylation is 1. The second kappa shape index (κ2) is 9.45. The van der Waals surface area contributed by atoms with Gasteiger partial charge in [-0.2, -0.15) is 0 Å². The van der Waals surface area contributed by atoms with Crippen molar-refractivity contribution in [3.63, 3.8) is 0 Å². The van der Waals surface area contributed by atoms with E-state index in [0.29, 0.717) is 0 Å². The van der Waals surface area contributed by atoms with Crippen LogP contribution in [-0.2, 0) is 6.42 Å². The normalized spacial score (nSPS) is 11.7. The Bertz CT molecular complexity index is 1250. The fourth-order valence-corrected chi connectivity index (χ4v) is 8.25. The monoisotopic (exact) mass is 481 g/mol. The van der Waals surface area contributed by atoms with Crippen molar-refractivity contribution in [3.05, 3.63) is 52.7 Å². The predicted octanol–water partition coefficient (Wildman–Crippen LogP) is 10.1. The fraction of sp³-hybridized carbons (Fsp3) is 0.308. The van der Waals surface area contributed by atoms with E-state index in [1.54, 1.807) is 0 Å². The lowest BCUT2D eigenvalue weighted by Crippen LogP contribution is -2.00. The molecule has 0 aliphatic rings. The Morgan fingerprint density at radius 1 is 0.742 bits per heavy atom.